The molecular weight excluding hydrogens is 246 g/mol. The number of hydrogen-bond acceptors (Lipinski definition) is 3. The monoisotopic (exact) mass is 271 g/mol. The quantitative estimate of drug-likeness (QED) is 0.806. The Kier molecular flexibility index (Phi) is 4.82. The maximum Gasteiger partial charge on any atom is 0.408 e. The van der Waals surface area contributed by atoms with E-state index in [0.29, 0.717) is 6.42 Å². The Morgan fingerprint density at radius 3 is 2.26 bits per heavy atom. The smallest absolute Gasteiger partial charge is 0.408 e. The molecule has 1 atom stereocenters. The van der Waals surface area contributed by atoms with Crippen LogP contribution in [0.5, 0.6) is 0 Å². The van der Waals surface area contributed by atoms with Crippen LogP contribution >= 0.6 is 0 Å². The first-order valence-corrected chi connectivity index (χ1v) is 6.90. The topological polar surface area (TPSA) is 75.6 Å². The highest BCUT2D eigenvalue weighted by Crippen LogP contribution is 2.47. The van der Waals surface area contributed by atoms with Crippen molar-refractivity contribution in [2.45, 2.75) is 71.4 Å². The SMILES string of the molecule is CCC1(C[C@H](NC(=O)OC(C)(C)C)C(=O)O)CCC1. The number of amides is 1. The fourth-order valence-electron chi connectivity index (χ4n) is 2.46. The molecule has 1 aliphatic rings. The van der Waals surface area contributed by atoms with Gasteiger partial charge in [0, 0.05) is 0 Å². The lowest BCUT2D eigenvalue weighted by molar-refractivity contribution is -0.141. The van der Waals surface area contributed by atoms with Crippen LogP contribution in [-0.2, 0) is 9.53 Å². The summed E-state index contributed by atoms with van der Waals surface area (Å²) in [6.45, 7) is 7.33. The van der Waals surface area contributed by atoms with Crippen LogP contribution in [0.4, 0.5) is 4.79 Å². The molecule has 1 fully saturated rings. The lowest BCUT2D eigenvalue weighted by Crippen LogP contribution is -2.47. The summed E-state index contributed by atoms with van der Waals surface area (Å²) in [5.41, 5.74) is -0.538. The molecule has 1 rings (SSSR count). The van der Waals surface area contributed by atoms with Crippen molar-refractivity contribution < 1.29 is 19.4 Å². The Labute approximate surface area is 114 Å². The number of ether oxygens (including phenoxy) is 1. The standard InChI is InChI=1S/C14H25NO4/c1-5-14(7-6-8-14)9-10(11(16)17)15-12(18)19-13(2,3)4/h10H,5-9H2,1-4H3,(H,15,18)(H,16,17)/t10-/m0/s1. The minimum Gasteiger partial charge on any atom is -0.480 e. The maximum absolute atomic E-state index is 11.7. The molecule has 5 heteroatoms. The van der Waals surface area contributed by atoms with Gasteiger partial charge in [-0.25, -0.2) is 9.59 Å². The summed E-state index contributed by atoms with van der Waals surface area (Å²) >= 11 is 0. The van der Waals surface area contributed by atoms with Gasteiger partial charge < -0.3 is 15.2 Å². The molecule has 0 aliphatic heterocycles. The molecule has 0 spiro atoms. The molecule has 1 aliphatic carbocycles. The van der Waals surface area contributed by atoms with E-state index in [1.807, 2.05) is 0 Å². The van der Waals surface area contributed by atoms with Crippen molar-refractivity contribution in [3.05, 3.63) is 0 Å². The average molecular weight is 271 g/mol. The van der Waals surface area contributed by atoms with Crippen LogP contribution in [0.15, 0.2) is 0 Å². The highest BCUT2D eigenvalue weighted by molar-refractivity contribution is 5.80. The van der Waals surface area contributed by atoms with Crippen molar-refractivity contribution >= 4 is 12.1 Å². The Morgan fingerprint density at radius 1 is 1.37 bits per heavy atom. The van der Waals surface area contributed by atoms with E-state index < -0.39 is 23.7 Å². The minimum atomic E-state index is -0.995. The van der Waals surface area contributed by atoms with Gasteiger partial charge >= 0.3 is 12.1 Å². The van der Waals surface area contributed by atoms with Crippen LogP contribution in [-0.4, -0.2) is 28.8 Å². The van der Waals surface area contributed by atoms with Crippen molar-refractivity contribution in [3.63, 3.8) is 0 Å². The largest absolute Gasteiger partial charge is 0.480 e. The molecule has 19 heavy (non-hydrogen) atoms. The average Bonchev–Trinajstić information content (AvgIpc) is 2.18. The Balaban J connectivity index is 2.58. The molecule has 0 aromatic heterocycles. The van der Waals surface area contributed by atoms with Crippen molar-refractivity contribution in [1.82, 2.24) is 5.32 Å². The number of aliphatic carboxylic acids is 1. The molecule has 1 saturated carbocycles. The molecule has 0 aromatic rings. The number of carboxylic acids is 1. The summed E-state index contributed by atoms with van der Waals surface area (Å²) in [7, 11) is 0. The molecule has 5 nitrogen and oxygen atoms in total. The number of hydrogen-bond donors (Lipinski definition) is 2. The van der Waals surface area contributed by atoms with Crippen LogP contribution in [0.2, 0.25) is 0 Å². The van der Waals surface area contributed by atoms with Crippen LogP contribution in [0.1, 0.15) is 59.8 Å². The summed E-state index contributed by atoms with van der Waals surface area (Å²) in [6.07, 6.45) is 4.01. The first kappa shape index (κ1) is 15.8. The van der Waals surface area contributed by atoms with Crippen LogP contribution < -0.4 is 5.32 Å². The van der Waals surface area contributed by atoms with E-state index in [-0.39, 0.29) is 5.41 Å². The third-order valence-electron chi connectivity index (χ3n) is 3.79. The van der Waals surface area contributed by atoms with Crippen molar-refractivity contribution in [2.24, 2.45) is 5.41 Å². The lowest BCUT2D eigenvalue weighted by atomic mass is 9.64. The third-order valence-corrected chi connectivity index (χ3v) is 3.79. The van der Waals surface area contributed by atoms with E-state index in [1.165, 1.54) is 0 Å². The van der Waals surface area contributed by atoms with Crippen molar-refractivity contribution in [1.29, 1.82) is 0 Å². The number of rotatable bonds is 5. The summed E-state index contributed by atoms with van der Waals surface area (Å²) in [4.78, 5) is 22.9. The van der Waals surface area contributed by atoms with Crippen LogP contribution in [0, 0.1) is 5.41 Å². The molecular formula is C14H25NO4. The number of nitrogens with one attached hydrogen (secondary N) is 1. The number of carbonyl (C=O) groups excluding carboxylic acids is 1. The Bertz CT molecular complexity index is 336. The van der Waals surface area contributed by atoms with Gasteiger partial charge in [-0.1, -0.05) is 19.8 Å². The molecule has 0 aromatic carbocycles. The second-order valence-corrected chi connectivity index (χ2v) is 6.45. The van der Waals surface area contributed by atoms with Gasteiger partial charge in [0.15, 0.2) is 0 Å². The van der Waals surface area contributed by atoms with E-state index in [2.05, 4.69) is 12.2 Å². The van der Waals surface area contributed by atoms with E-state index in [1.54, 1.807) is 20.8 Å². The summed E-state index contributed by atoms with van der Waals surface area (Å²) in [6, 6.07) is -0.866. The minimum absolute atomic E-state index is 0.0814. The zero-order chi connectivity index (χ0) is 14.7. The zero-order valence-electron chi connectivity index (χ0n) is 12.3. The van der Waals surface area contributed by atoms with Gasteiger partial charge in [-0.2, -0.15) is 0 Å². The Hall–Kier alpha value is -1.26. The van der Waals surface area contributed by atoms with E-state index in [9.17, 15) is 14.7 Å². The molecule has 0 heterocycles. The molecule has 0 radical (unpaired) electrons. The number of carboxylic acid groups (broad SMARTS) is 1. The summed E-state index contributed by atoms with van der Waals surface area (Å²) in [5.74, 6) is -0.995. The fraction of sp³-hybridized carbons (Fsp3) is 0.857. The number of carbonyl (C=O) groups is 2. The first-order chi connectivity index (χ1) is 8.67. The van der Waals surface area contributed by atoms with E-state index in [4.69, 9.17) is 4.74 Å². The second-order valence-electron chi connectivity index (χ2n) is 6.45. The van der Waals surface area contributed by atoms with Gasteiger partial charge in [0.05, 0.1) is 0 Å². The zero-order valence-corrected chi connectivity index (χ0v) is 12.3. The molecule has 0 unspecified atom stereocenters. The Morgan fingerprint density at radius 2 is 1.95 bits per heavy atom. The van der Waals surface area contributed by atoms with Gasteiger partial charge in [-0.3, -0.25) is 0 Å². The fourth-order valence-corrected chi connectivity index (χ4v) is 2.46. The van der Waals surface area contributed by atoms with E-state index in [0.717, 1.165) is 25.7 Å². The molecule has 1 amide bonds. The predicted octanol–water partition coefficient (Wildman–Crippen LogP) is 2.93. The summed E-state index contributed by atoms with van der Waals surface area (Å²) in [5, 5.41) is 11.7. The number of alkyl carbamates (subject to hydrolysis) is 1. The third kappa shape index (κ3) is 4.73. The molecule has 0 saturated heterocycles. The van der Waals surface area contributed by atoms with Crippen molar-refractivity contribution in [2.75, 3.05) is 0 Å². The van der Waals surface area contributed by atoms with Gasteiger partial charge in [0.25, 0.3) is 0 Å². The molecule has 110 valence electrons. The molecule has 2 N–H and O–H groups in total. The molecule has 0 bridgehead atoms. The van der Waals surface area contributed by atoms with Gasteiger partial charge in [0.2, 0.25) is 0 Å². The predicted molar refractivity (Wildman–Crippen MR) is 72.0 cm³/mol. The summed E-state index contributed by atoms with van der Waals surface area (Å²) < 4.78 is 5.10. The van der Waals surface area contributed by atoms with E-state index >= 15 is 0 Å². The highest BCUT2D eigenvalue weighted by atomic mass is 16.6. The van der Waals surface area contributed by atoms with Crippen molar-refractivity contribution in [3.8, 4) is 0 Å². The lowest BCUT2D eigenvalue weighted by Gasteiger charge is -2.43. The van der Waals surface area contributed by atoms with Gasteiger partial charge in [-0.05, 0) is 45.4 Å². The van der Waals surface area contributed by atoms with Gasteiger partial charge in [-0.15, -0.1) is 0 Å². The normalized spacial score (nSPS) is 19.2. The first-order valence-electron chi connectivity index (χ1n) is 6.90. The second kappa shape index (κ2) is 5.80. The van der Waals surface area contributed by atoms with Gasteiger partial charge in [0.1, 0.15) is 11.6 Å². The van der Waals surface area contributed by atoms with Crippen LogP contribution in [0.25, 0.3) is 0 Å². The highest BCUT2D eigenvalue weighted by Gasteiger charge is 2.39. The maximum atomic E-state index is 11.7. The van der Waals surface area contributed by atoms with Crippen LogP contribution in [0.3, 0.4) is 0 Å².